The van der Waals surface area contributed by atoms with E-state index >= 15 is 0 Å². The molecule has 0 spiro atoms. The number of aryl methyl sites for hydroxylation is 1. The number of rotatable bonds is 5. The van der Waals surface area contributed by atoms with Gasteiger partial charge in [-0.05, 0) is 54.5 Å². The van der Waals surface area contributed by atoms with Crippen molar-refractivity contribution in [1.82, 2.24) is 14.3 Å². The Morgan fingerprint density at radius 3 is 2.54 bits per heavy atom. The Morgan fingerprint density at radius 1 is 1.06 bits per heavy atom. The first-order valence-electron chi connectivity index (χ1n) is 10.7. The lowest BCUT2D eigenvalue weighted by molar-refractivity contribution is -0.122. The van der Waals surface area contributed by atoms with Crippen LogP contribution in [0.5, 0.6) is 0 Å². The number of halogens is 1. The molecule has 0 atom stereocenters. The number of hydrogen-bond donors (Lipinski definition) is 0. The highest BCUT2D eigenvalue weighted by Crippen LogP contribution is 2.36. The summed E-state index contributed by atoms with van der Waals surface area (Å²) in [7, 11) is 0. The predicted molar refractivity (Wildman–Crippen MR) is 142 cm³/mol. The average molecular weight is 520 g/mol. The number of nitrogens with zero attached hydrogens (tertiary/aromatic N) is 3. The Balaban J connectivity index is 1.57. The summed E-state index contributed by atoms with van der Waals surface area (Å²) < 4.78 is 15.1. The second-order valence-corrected chi connectivity index (χ2v) is 10.6. The maximum Gasteiger partial charge on any atom is 0.266 e. The first-order valence-corrected chi connectivity index (χ1v) is 12.7. The van der Waals surface area contributed by atoms with Crippen LogP contribution in [0.2, 0.25) is 0 Å². The number of hydrogen-bond acceptors (Lipinski definition) is 6. The van der Waals surface area contributed by atoms with Crippen LogP contribution in [-0.2, 0) is 11.3 Å². The molecular weight excluding hydrogens is 502 g/mol. The lowest BCUT2D eigenvalue weighted by Crippen LogP contribution is -2.27. The zero-order valence-corrected chi connectivity index (χ0v) is 20.9. The number of benzene rings is 2. The van der Waals surface area contributed by atoms with E-state index in [1.165, 1.54) is 33.2 Å². The van der Waals surface area contributed by atoms with Gasteiger partial charge in [-0.3, -0.25) is 18.9 Å². The number of thioether (sulfide) groups is 1. The lowest BCUT2D eigenvalue weighted by atomic mass is 10.2. The zero-order valence-electron chi connectivity index (χ0n) is 18.5. The smallest absolute Gasteiger partial charge is 0.266 e. The van der Waals surface area contributed by atoms with Crippen molar-refractivity contribution in [2.45, 2.75) is 23.4 Å². The summed E-state index contributed by atoms with van der Waals surface area (Å²) in [5, 5.41) is 0.513. The molecule has 174 valence electrons. The monoisotopic (exact) mass is 519 g/mol. The van der Waals surface area contributed by atoms with Gasteiger partial charge in [-0.15, -0.1) is 0 Å². The molecule has 1 fully saturated rings. The number of carbonyl (C=O) groups is 1. The van der Waals surface area contributed by atoms with Crippen LogP contribution < -0.4 is 5.56 Å². The van der Waals surface area contributed by atoms with Gasteiger partial charge in [0.2, 0.25) is 0 Å². The third kappa shape index (κ3) is 4.80. The Bertz CT molecular complexity index is 1550. The van der Waals surface area contributed by atoms with Crippen molar-refractivity contribution < 1.29 is 9.18 Å². The van der Waals surface area contributed by atoms with Crippen LogP contribution in [0.15, 0.2) is 92.5 Å². The summed E-state index contributed by atoms with van der Waals surface area (Å²) >= 11 is 7.96. The molecule has 0 unspecified atom stereocenters. The van der Waals surface area contributed by atoms with Crippen LogP contribution in [0.3, 0.4) is 0 Å². The van der Waals surface area contributed by atoms with Crippen molar-refractivity contribution in [2.24, 2.45) is 0 Å². The van der Waals surface area contributed by atoms with E-state index in [1.807, 2.05) is 43.3 Å². The van der Waals surface area contributed by atoms with Crippen LogP contribution in [0.1, 0.15) is 16.7 Å². The van der Waals surface area contributed by atoms with E-state index in [0.717, 1.165) is 27.8 Å². The second-order valence-electron chi connectivity index (χ2n) is 7.83. The quantitative estimate of drug-likeness (QED) is 0.192. The van der Waals surface area contributed by atoms with Crippen LogP contribution >= 0.6 is 35.7 Å². The molecule has 3 heterocycles. The third-order valence-electron chi connectivity index (χ3n) is 5.41. The Labute approximate surface area is 214 Å². The van der Waals surface area contributed by atoms with Gasteiger partial charge >= 0.3 is 0 Å². The molecule has 0 radical (unpaired) electrons. The average Bonchev–Trinajstić information content (AvgIpc) is 3.11. The molecule has 35 heavy (non-hydrogen) atoms. The van der Waals surface area contributed by atoms with Gasteiger partial charge in [0.05, 0.1) is 17.0 Å². The number of fused-ring (bicyclic) bond motifs is 1. The van der Waals surface area contributed by atoms with Crippen LogP contribution in [0.4, 0.5) is 4.39 Å². The summed E-state index contributed by atoms with van der Waals surface area (Å²) in [4.78, 5) is 34.3. The second kappa shape index (κ2) is 9.77. The van der Waals surface area contributed by atoms with Gasteiger partial charge in [-0.1, -0.05) is 72.1 Å². The Hall–Kier alpha value is -3.27. The van der Waals surface area contributed by atoms with Crippen molar-refractivity contribution in [3.63, 3.8) is 0 Å². The Kier molecular flexibility index (Phi) is 6.55. The van der Waals surface area contributed by atoms with Crippen molar-refractivity contribution in [3.05, 3.63) is 111 Å². The maximum absolute atomic E-state index is 13.5. The number of thiocarbonyl (C=S) groups is 1. The van der Waals surface area contributed by atoms with Crippen LogP contribution in [-0.4, -0.2) is 24.5 Å². The Morgan fingerprint density at radius 2 is 1.80 bits per heavy atom. The molecule has 1 aliphatic rings. The topological polar surface area (TPSA) is 54.7 Å². The molecule has 1 saturated heterocycles. The molecule has 0 saturated carbocycles. The summed E-state index contributed by atoms with van der Waals surface area (Å²) in [6, 6.07) is 19.3. The fourth-order valence-corrected chi connectivity index (χ4v) is 5.78. The van der Waals surface area contributed by atoms with E-state index in [1.54, 1.807) is 30.5 Å². The van der Waals surface area contributed by atoms with Gasteiger partial charge in [0.25, 0.3) is 11.5 Å². The van der Waals surface area contributed by atoms with E-state index in [-0.39, 0.29) is 23.8 Å². The molecule has 9 heteroatoms. The standard InChI is InChI=1S/C26H18FN3O2S3/c1-16-6-5-13-29-22(16)28-23(34-19-7-3-2-4-8-19)20(24(29)31)14-21-25(32)30(26(33)35-21)15-17-9-11-18(27)12-10-17/h2-14H,15H2,1H3/b21-14+. The summed E-state index contributed by atoms with van der Waals surface area (Å²) in [5.41, 5.74) is 2.26. The number of amides is 1. The third-order valence-corrected chi connectivity index (χ3v) is 7.80. The molecule has 0 bridgehead atoms. The van der Waals surface area contributed by atoms with E-state index in [2.05, 4.69) is 0 Å². The SMILES string of the molecule is Cc1cccn2c(=O)c(/C=C3/SC(=S)N(Cc4ccc(F)cc4)C3=O)c(Sc3ccccc3)nc12. The highest BCUT2D eigenvalue weighted by atomic mass is 32.2. The zero-order chi connectivity index (χ0) is 24.5. The van der Waals surface area contributed by atoms with Crippen LogP contribution in [0.25, 0.3) is 11.7 Å². The first-order chi connectivity index (χ1) is 16.9. The van der Waals surface area contributed by atoms with Crippen LogP contribution in [0, 0.1) is 12.7 Å². The number of pyridine rings is 1. The minimum absolute atomic E-state index is 0.224. The van der Waals surface area contributed by atoms with Crippen molar-refractivity contribution >= 4 is 57.7 Å². The van der Waals surface area contributed by atoms with E-state index in [0.29, 0.717) is 25.5 Å². The maximum atomic E-state index is 13.5. The predicted octanol–water partition coefficient (Wildman–Crippen LogP) is 5.69. The van der Waals surface area contributed by atoms with E-state index < -0.39 is 0 Å². The van der Waals surface area contributed by atoms with Crippen molar-refractivity contribution in [2.75, 3.05) is 0 Å². The molecule has 5 nitrogen and oxygen atoms in total. The van der Waals surface area contributed by atoms with Gasteiger partial charge in [0.15, 0.2) is 0 Å². The van der Waals surface area contributed by atoms with Crippen molar-refractivity contribution in [3.8, 4) is 0 Å². The normalized spacial score (nSPS) is 14.9. The van der Waals surface area contributed by atoms with Gasteiger partial charge in [-0.25, -0.2) is 9.37 Å². The van der Waals surface area contributed by atoms with E-state index in [9.17, 15) is 14.0 Å². The summed E-state index contributed by atoms with van der Waals surface area (Å²) in [6.07, 6.45) is 3.26. The largest absolute Gasteiger partial charge is 0.288 e. The molecule has 2 aromatic heterocycles. The number of carbonyl (C=O) groups excluding carboxylic acids is 1. The highest BCUT2D eigenvalue weighted by Gasteiger charge is 2.32. The molecule has 1 aliphatic heterocycles. The summed E-state index contributed by atoms with van der Waals surface area (Å²) in [6.45, 7) is 2.13. The molecule has 0 N–H and O–H groups in total. The molecule has 0 aliphatic carbocycles. The lowest BCUT2D eigenvalue weighted by Gasteiger charge is -2.14. The molecular formula is C26H18FN3O2S3. The van der Waals surface area contributed by atoms with Gasteiger partial charge < -0.3 is 0 Å². The molecule has 2 aromatic carbocycles. The minimum atomic E-state index is -0.345. The first kappa shape index (κ1) is 23.5. The van der Waals surface area contributed by atoms with Gasteiger partial charge in [0.1, 0.15) is 20.8 Å². The fourth-order valence-electron chi connectivity index (χ4n) is 3.63. The minimum Gasteiger partial charge on any atom is -0.288 e. The van der Waals surface area contributed by atoms with Crippen molar-refractivity contribution in [1.29, 1.82) is 0 Å². The number of aromatic nitrogens is 2. The molecule has 1 amide bonds. The summed E-state index contributed by atoms with van der Waals surface area (Å²) in [5.74, 6) is -0.643. The van der Waals surface area contributed by atoms with E-state index in [4.69, 9.17) is 17.2 Å². The molecule has 5 rings (SSSR count). The van der Waals surface area contributed by atoms with Gasteiger partial charge in [-0.2, -0.15) is 0 Å². The fraction of sp³-hybridized carbons (Fsp3) is 0.0769. The molecule has 4 aromatic rings. The van der Waals surface area contributed by atoms with Gasteiger partial charge in [0, 0.05) is 11.1 Å². The highest BCUT2D eigenvalue weighted by molar-refractivity contribution is 8.26.